The molecule has 0 radical (unpaired) electrons. The maximum atomic E-state index is 3.70. The Morgan fingerprint density at radius 2 is 0.842 bits per heavy atom. The molecular weight excluding hydrogens is 460 g/mol. The number of hydrogen-bond donors (Lipinski definition) is 1. The number of aromatic amines is 1. The normalized spacial score (nSPS) is 11.2. The fourth-order valence-corrected chi connectivity index (χ4v) is 5.34. The second-order valence-electron chi connectivity index (χ2n) is 9.53. The van der Waals surface area contributed by atoms with Crippen molar-refractivity contribution in [2.75, 3.05) is 4.90 Å². The lowest BCUT2D eigenvalue weighted by molar-refractivity contribution is 1.29. The van der Waals surface area contributed by atoms with Gasteiger partial charge in [0, 0.05) is 27.7 Å². The van der Waals surface area contributed by atoms with E-state index in [9.17, 15) is 0 Å². The van der Waals surface area contributed by atoms with Gasteiger partial charge in [0.15, 0.2) is 0 Å². The number of hydrogen-bond acceptors (Lipinski definition) is 1. The molecule has 7 rings (SSSR count). The lowest BCUT2D eigenvalue weighted by Crippen LogP contribution is -2.10. The van der Waals surface area contributed by atoms with Crippen LogP contribution in [0.5, 0.6) is 0 Å². The minimum Gasteiger partial charge on any atom is -0.353 e. The Morgan fingerprint density at radius 1 is 0.368 bits per heavy atom. The van der Waals surface area contributed by atoms with E-state index < -0.39 is 0 Å². The van der Waals surface area contributed by atoms with E-state index in [2.05, 4.69) is 162 Å². The highest BCUT2D eigenvalue weighted by atomic mass is 15.1. The van der Waals surface area contributed by atoms with Gasteiger partial charge in [-0.15, -0.1) is 0 Å². The number of anilines is 3. The maximum Gasteiger partial charge on any atom is 0.0709 e. The summed E-state index contributed by atoms with van der Waals surface area (Å²) in [6, 6.07) is 53.8. The highest BCUT2D eigenvalue weighted by molar-refractivity contribution is 6.12. The average Bonchev–Trinajstić information content (AvgIpc) is 3.39. The Balaban J connectivity index is 1.39. The molecule has 0 atom stereocenters. The van der Waals surface area contributed by atoms with Crippen LogP contribution in [-0.2, 0) is 0 Å². The van der Waals surface area contributed by atoms with E-state index in [1.807, 2.05) is 0 Å². The number of nitrogens with one attached hydrogen (secondary N) is 1. The lowest BCUT2D eigenvalue weighted by atomic mass is 10.0. The molecule has 0 spiro atoms. The Hall–Kier alpha value is -5.08. The Labute approximate surface area is 222 Å². The molecule has 0 saturated carbocycles. The van der Waals surface area contributed by atoms with E-state index in [1.165, 1.54) is 33.0 Å². The zero-order valence-electron chi connectivity index (χ0n) is 20.9. The van der Waals surface area contributed by atoms with Gasteiger partial charge in [0.05, 0.1) is 11.2 Å². The third kappa shape index (κ3) is 3.93. The van der Waals surface area contributed by atoms with E-state index in [0.29, 0.717) is 0 Å². The highest BCUT2D eigenvalue weighted by Gasteiger charge is 2.18. The standard InChI is InChI=1S/C36H26N2/c1-3-10-26(11-4-1)28-18-22-30(23-19-28)38(31-24-20-29(21-25-31)27-12-5-2-6-13-27)35-17-9-15-33-32-14-7-8-16-34(32)37-36(33)35/h1-25,37H. The molecule has 0 aliphatic heterocycles. The topological polar surface area (TPSA) is 19.0 Å². The van der Waals surface area contributed by atoms with Crippen LogP contribution < -0.4 is 4.90 Å². The number of benzene rings is 6. The molecule has 7 aromatic rings. The van der Waals surface area contributed by atoms with Crippen molar-refractivity contribution in [3.8, 4) is 22.3 Å². The van der Waals surface area contributed by atoms with Crippen molar-refractivity contribution in [3.63, 3.8) is 0 Å². The Bertz CT molecular complexity index is 1750. The number of para-hydroxylation sites is 2. The molecule has 2 heteroatoms. The van der Waals surface area contributed by atoms with Crippen LogP contribution in [0.25, 0.3) is 44.1 Å². The van der Waals surface area contributed by atoms with Crippen molar-refractivity contribution in [2.45, 2.75) is 0 Å². The fourth-order valence-electron chi connectivity index (χ4n) is 5.34. The molecule has 0 amide bonds. The van der Waals surface area contributed by atoms with Gasteiger partial charge in [0.2, 0.25) is 0 Å². The molecule has 2 nitrogen and oxygen atoms in total. The summed E-state index contributed by atoms with van der Waals surface area (Å²) in [5.74, 6) is 0. The van der Waals surface area contributed by atoms with Crippen LogP contribution in [0, 0.1) is 0 Å². The summed E-state index contributed by atoms with van der Waals surface area (Å²) >= 11 is 0. The highest BCUT2D eigenvalue weighted by Crippen LogP contribution is 2.41. The zero-order chi connectivity index (χ0) is 25.3. The van der Waals surface area contributed by atoms with Crippen molar-refractivity contribution < 1.29 is 0 Å². The van der Waals surface area contributed by atoms with Gasteiger partial charge in [0.1, 0.15) is 0 Å². The predicted molar refractivity (Wildman–Crippen MR) is 161 cm³/mol. The minimum atomic E-state index is 1.11. The second kappa shape index (κ2) is 9.42. The molecule has 6 aromatic carbocycles. The molecule has 180 valence electrons. The van der Waals surface area contributed by atoms with E-state index in [-0.39, 0.29) is 0 Å². The summed E-state index contributed by atoms with van der Waals surface area (Å²) in [5, 5.41) is 2.47. The summed E-state index contributed by atoms with van der Waals surface area (Å²) in [5.41, 5.74) is 10.5. The summed E-state index contributed by atoms with van der Waals surface area (Å²) in [6.07, 6.45) is 0. The molecular formula is C36H26N2. The number of aromatic nitrogens is 1. The molecule has 0 unspecified atom stereocenters. The lowest BCUT2D eigenvalue weighted by Gasteiger charge is -2.26. The van der Waals surface area contributed by atoms with Crippen molar-refractivity contribution >= 4 is 38.9 Å². The monoisotopic (exact) mass is 486 g/mol. The van der Waals surface area contributed by atoms with Gasteiger partial charge in [-0.25, -0.2) is 0 Å². The van der Waals surface area contributed by atoms with Gasteiger partial charge >= 0.3 is 0 Å². The Morgan fingerprint density at radius 3 is 1.42 bits per heavy atom. The number of fused-ring (bicyclic) bond motifs is 3. The van der Waals surface area contributed by atoms with Crippen LogP contribution in [0.1, 0.15) is 0 Å². The van der Waals surface area contributed by atoms with Gasteiger partial charge in [-0.05, 0) is 58.7 Å². The second-order valence-corrected chi connectivity index (χ2v) is 9.53. The summed E-state index contributed by atoms with van der Waals surface area (Å²) in [7, 11) is 0. The van der Waals surface area contributed by atoms with Crippen LogP contribution in [0.15, 0.2) is 152 Å². The zero-order valence-corrected chi connectivity index (χ0v) is 20.9. The average molecular weight is 487 g/mol. The third-order valence-corrected chi connectivity index (χ3v) is 7.23. The van der Waals surface area contributed by atoms with E-state index >= 15 is 0 Å². The predicted octanol–water partition coefficient (Wildman–Crippen LogP) is 10.1. The van der Waals surface area contributed by atoms with Gasteiger partial charge in [0.25, 0.3) is 0 Å². The van der Waals surface area contributed by atoms with Crippen molar-refractivity contribution in [1.29, 1.82) is 0 Å². The van der Waals surface area contributed by atoms with Crippen molar-refractivity contribution in [2.24, 2.45) is 0 Å². The fraction of sp³-hybridized carbons (Fsp3) is 0. The first-order valence-electron chi connectivity index (χ1n) is 13.0. The van der Waals surface area contributed by atoms with Gasteiger partial charge < -0.3 is 9.88 Å². The summed E-state index contributed by atoms with van der Waals surface area (Å²) < 4.78 is 0. The Kier molecular flexibility index (Phi) is 5.49. The molecule has 0 aliphatic carbocycles. The van der Waals surface area contributed by atoms with E-state index in [1.54, 1.807) is 0 Å². The summed E-state index contributed by atoms with van der Waals surface area (Å²) in [4.78, 5) is 6.05. The molecule has 1 N–H and O–H groups in total. The minimum absolute atomic E-state index is 1.11. The molecule has 0 aliphatic rings. The van der Waals surface area contributed by atoms with Crippen molar-refractivity contribution in [3.05, 3.63) is 152 Å². The third-order valence-electron chi connectivity index (χ3n) is 7.23. The van der Waals surface area contributed by atoms with Crippen LogP contribution in [0.3, 0.4) is 0 Å². The first-order chi connectivity index (χ1) is 18.8. The molecule has 0 saturated heterocycles. The van der Waals surface area contributed by atoms with Crippen LogP contribution in [0.4, 0.5) is 17.1 Å². The smallest absolute Gasteiger partial charge is 0.0709 e. The van der Waals surface area contributed by atoms with Gasteiger partial charge in [-0.1, -0.05) is 115 Å². The number of H-pyrrole nitrogens is 1. The van der Waals surface area contributed by atoms with Crippen LogP contribution >= 0.6 is 0 Å². The quantitative estimate of drug-likeness (QED) is 0.256. The van der Waals surface area contributed by atoms with Crippen LogP contribution in [-0.4, -0.2) is 4.98 Å². The largest absolute Gasteiger partial charge is 0.353 e. The van der Waals surface area contributed by atoms with E-state index in [0.717, 1.165) is 28.1 Å². The SMILES string of the molecule is c1ccc(-c2ccc(N(c3ccc(-c4ccccc4)cc3)c3cccc4c3[nH]c3ccccc34)cc2)cc1. The summed E-state index contributed by atoms with van der Waals surface area (Å²) in [6.45, 7) is 0. The number of rotatable bonds is 5. The first kappa shape index (κ1) is 22.1. The first-order valence-corrected chi connectivity index (χ1v) is 13.0. The van der Waals surface area contributed by atoms with Gasteiger partial charge in [-0.2, -0.15) is 0 Å². The molecule has 0 bridgehead atoms. The maximum absolute atomic E-state index is 3.70. The van der Waals surface area contributed by atoms with Gasteiger partial charge in [-0.3, -0.25) is 0 Å². The number of nitrogens with zero attached hydrogens (tertiary/aromatic N) is 1. The van der Waals surface area contributed by atoms with Crippen molar-refractivity contribution in [1.82, 2.24) is 4.98 Å². The molecule has 38 heavy (non-hydrogen) atoms. The van der Waals surface area contributed by atoms with Crippen LogP contribution in [0.2, 0.25) is 0 Å². The molecule has 0 fully saturated rings. The molecule has 1 heterocycles. The van der Waals surface area contributed by atoms with E-state index in [4.69, 9.17) is 0 Å². The molecule has 1 aromatic heterocycles.